The third-order valence-corrected chi connectivity index (χ3v) is 2.82. The van der Waals surface area contributed by atoms with Crippen molar-refractivity contribution in [2.75, 3.05) is 5.32 Å². The summed E-state index contributed by atoms with van der Waals surface area (Å²) in [5, 5.41) is 6.15. The third kappa shape index (κ3) is 4.26. The molecule has 0 saturated carbocycles. The van der Waals surface area contributed by atoms with Gasteiger partial charge in [0, 0.05) is 16.3 Å². The van der Waals surface area contributed by atoms with E-state index in [2.05, 4.69) is 15.3 Å². The minimum absolute atomic E-state index is 0.196. The summed E-state index contributed by atoms with van der Waals surface area (Å²) in [5.74, 6) is 0. The van der Waals surface area contributed by atoms with Crippen LogP contribution in [-0.2, 0) is 11.3 Å². The number of aryl methyl sites for hydroxylation is 1. The summed E-state index contributed by atoms with van der Waals surface area (Å²) in [5.41, 5.74) is 11.2. The Morgan fingerprint density at radius 3 is 2.76 bits per heavy atom. The molecule has 0 spiro atoms. The first-order valence-corrected chi connectivity index (χ1v) is 6.32. The Morgan fingerprint density at radius 2 is 2.05 bits per heavy atom. The second-order valence-electron chi connectivity index (χ2n) is 4.38. The lowest BCUT2D eigenvalue weighted by molar-refractivity contribution is 0.155. The molecular weight excluding hydrogens is 268 g/mol. The SMILES string of the molecule is Cc1ccc(NC(=O)OCc2ccccc2)cc1N=[N+]=[N-]. The number of benzene rings is 2. The Labute approximate surface area is 122 Å². The molecule has 0 radical (unpaired) electrons. The van der Waals surface area contributed by atoms with Gasteiger partial charge in [0.05, 0.1) is 0 Å². The van der Waals surface area contributed by atoms with E-state index in [0.717, 1.165) is 11.1 Å². The first-order valence-electron chi connectivity index (χ1n) is 6.32. The molecule has 0 fully saturated rings. The van der Waals surface area contributed by atoms with Crippen molar-refractivity contribution in [3.63, 3.8) is 0 Å². The van der Waals surface area contributed by atoms with Crippen molar-refractivity contribution in [1.29, 1.82) is 0 Å². The first kappa shape index (κ1) is 14.4. The number of amides is 1. The van der Waals surface area contributed by atoms with E-state index in [1.165, 1.54) is 0 Å². The number of carbonyl (C=O) groups is 1. The van der Waals surface area contributed by atoms with Crippen molar-refractivity contribution in [2.24, 2.45) is 5.11 Å². The highest BCUT2D eigenvalue weighted by atomic mass is 16.5. The molecule has 0 heterocycles. The van der Waals surface area contributed by atoms with Crippen LogP contribution in [0.3, 0.4) is 0 Å². The quantitative estimate of drug-likeness (QED) is 0.501. The monoisotopic (exact) mass is 282 g/mol. The average molecular weight is 282 g/mol. The van der Waals surface area contributed by atoms with Gasteiger partial charge in [-0.3, -0.25) is 5.32 Å². The molecule has 0 aliphatic heterocycles. The highest BCUT2D eigenvalue weighted by molar-refractivity contribution is 5.85. The number of rotatable bonds is 4. The summed E-state index contributed by atoms with van der Waals surface area (Å²) in [6, 6.07) is 14.5. The van der Waals surface area contributed by atoms with E-state index in [-0.39, 0.29) is 6.61 Å². The first-order chi connectivity index (χ1) is 10.2. The van der Waals surface area contributed by atoms with E-state index in [0.29, 0.717) is 11.4 Å². The fraction of sp³-hybridized carbons (Fsp3) is 0.133. The van der Waals surface area contributed by atoms with Crippen molar-refractivity contribution >= 4 is 17.5 Å². The molecule has 21 heavy (non-hydrogen) atoms. The number of nitrogens with one attached hydrogen (secondary N) is 1. The molecule has 6 nitrogen and oxygen atoms in total. The number of hydrogen-bond acceptors (Lipinski definition) is 3. The molecule has 0 aliphatic carbocycles. The van der Waals surface area contributed by atoms with E-state index in [9.17, 15) is 4.79 Å². The van der Waals surface area contributed by atoms with Crippen molar-refractivity contribution in [2.45, 2.75) is 13.5 Å². The maximum atomic E-state index is 11.7. The Balaban J connectivity index is 1.96. The number of nitrogens with zero attached hydrogens (tertiary/aromatic N) is 3. The molecule has 0 aromatic heterocycles. The van der Waals surface area contributed by atoms with Gasteiger partial charge in [0.25, 0.3) is 0 Å². The lowest BCUT2D eigenvalue weighted by atomic mass is 10.2. The van der Waals surface area contributed by atoms with Gasteiger partial charge in [-0.2, -0.15) is 0 Å². The molecule has 6 heteroatoms. The van der Waals surface area contributed by atoms with Crippen LogP contribution in [0.2, 0.25) is 0 Å². The molecule has 1 amide bonds. The van der Waals surface area contributed by atoms with Gasteiger partial charge in [-0.25, -0.2) is 4.79 Å². The van der Waals surface area contributed by atoms with Crippen LogP contribution in [0.25, 0.3) is 10.4 Å². The lowest BCUT2D eigenvalue weighted by Crippen LogP contribution is -2.13. The van der Waals surface area contributed by atoms with Crippen molar-refractivity contribution in [3.05, 3.63) is 70.1 Å². The zero-order valence-corrected chi connectivity index (χ0v) is 11.5. The number of carbonyl (C=O) groups excluding carboxylic acids is 1. The van der Waals surface area contributed by atoms with Gasteiger partial charge >= 0.3 is 6.09 Å². The van der Waals surface area contributed by atoms with Crippen LogP contribution in [0.4, 0.5) is 16.2 Å². The summed E-state index contributed by atoms with van der Waals surface area (Å²) < 4.78 is 5.11. The van der Waals surface area contributed by atoms with Gasteiger partial charge in [0.1, 0.15) is 6.61 Å². The fourth-order valence-corrected chi connectivity index (χ4v) is 1.72. The van der Waals surface area contributed by atoms with Gasteiger partial charge in [-0.15, -0.1) is 0 Å². The fourth-order valence-electron chi connectivity index (χ4n) is 1.72. The molecule has 1 N–H and O–H groups in total. The van der Waals surface area contributed by atoms with Crippen LogP contribution in [-0.4, -0.2) is 6.09 Å². The standard InChI is InChI=1S/C15H14N4O2/c1-11-7-8-13(9-14(11)18-19-16)17-15(20)21-10-12-5-3-2-4-6-12/h2-9H,10H2,1H3,(H,17,20). The molecule has 0 bridgehead atoms. The van der Waals surface area contributed by atoms with E-state index in [1.54, 1.807) is 18.2 Å². The highest BCUT2D eigenvalue weighted by Crippen LogP contribution is 2.23. The predicted molar refractivity (Wildman–Crippen MR) is 80.2 cm³/mol. The maximum Gasteiger partial charge on any atom is 0.411 e. The molecule has 0 unspecified atom stereocenters. The molecule has 2 aromatic carbocycles. The van der Waals surface area contributed by atoms with Gasteiger partial charge in [0.15, 0.2) is 0 Å². The van der Waals surface area contributed by atoms with Gasteiger partial charge < -0.3 is 4.74 Å². The Morgan fingerprint density at radius 1 is 1.29 bits per heavy atom. The van der Waals surface area contributed by atoms with Crippen LogP contribution >= 0.6 is 0 Å². The molecule has 0 saturated heterocycles. The van der Waals surface area contributed by atoms with Crippen molar-refractivity contribution < 1.29 is 9.53 Å². The minimum atomic E-state index is -0.561. The average Bonchev–Trinajstić information content (AvgIpc) is 2.50. The number of azide groups is 1. The summed E-state index contributed by atoms with van der Waals surface area (Å²) >= 11 is 0. The van der Waals surface area contributed by atoms with Crippen LogP contribution < -0.4 is 5.32 Å². The highest BCUT2D eigenvalue weighted by Gasteiger charge is 2.05. The maximum absolute atomic E-state index is 11.7. The van der Waals surface area contributed by atoms with E-state index < -0.39 is 6.09 Å². The number of anilines is 1. The molecule has 0 atom stereocenters. The zero-order chi connectivity index (χ0) is 15.1. The topological polar surface area (TPSA) is 87.1 Å². The Bertz CT molecular complexity index is 679. The second-order valence-corrected chi connectivity index (χ2v) is 4.38. The predicted octanol–water partition coefficient (Wildman–Crippen LogP) is 4.69. The Hall–Kier alpha value is -2.98. The Kier molecular flexibility index (Phi) is 4.79. The number of hydrogen-bond donors (Lipinski definition) is 1. The molecule has 2 aromatic rings. The molecule has 106 valence electrons. The largest absolute Gasteiger partial charge is 0.444 e. The summed E-state index contributed by atoms with van der Waals surface area (Å²) in [7, 11) is 0. The zero-order valence-electron chi connectivity index (χ0n) is 11.5. The molecule has 2 rings (SSSR count). The van der Waals surface area contributed by atoms with Crippen molar-refractivity contribution in [3.8, 4) is 0 Å². The van der Waals surface area contributed by atoms with Crippen LogP contribution in [0.5, 0.6) is 0 Å². The van der Waals surface area contributed by atoms with Gasteiger partial charge in [0.2, 0.25) is 0 Å². The van der Waals surface area contributed by atoms with E-state index in [4.69, 9.17) is 10.3 Å². The molecular formula is C15H14N4O2. The second kappa shape index (κ2) is 6.98. The normalized spacial score (nSPS) is 9.57. The lowest BCUT2D eigenvalue weighted by Gasteiger charge is -2.08. The summed E-state index contributed by atoms with van der Waals surface area (Å²) in [6.07, 6.45) is -0.561. The van der Waals surface area contributed by atoms with Crippen molar-refractivity contribution in [1.82, 2.24) is 0 Å². The summed E-state index contributed by atoms with van der Waals surface area (Å²) in [6.45, 7) is 2.02. The minimum Gasteiger partial charge on any atom is -0.444 e. The van der Waals surface area contributed by atoms with Crippen LogP contribution in [0.1, 0.15) is 11.1 Å². The summed E-state index contributed by atoms with van der Waals surface area (Å²) in [4.78, 5) is 14.4. The number of ether oxygens (including phenoxy) is 1. The van der Waals surface area contributed by atoms with Gasteiger partial charge in [-0.05, 0) is 35.7 Å². The smallest absolute Gasteiger partial charge is 0.411 e. The van der Waals surface area contributed by atoms with Gasteiger partial charge in [-0.1, -0.05) is 41.5 Å². The van der Waals surface area contributed by atoms with Crippen LogP contribution in [0, 0.1) is 6.92 Å². The third-order valence-electron chi connectivity index (χ3n) is 2.82. The van der Waals surface area contributed by atoms with E-state index in [1.807, 2.05) is 37.3 Å². The molecule has 0 aliphatic rings. The van der Waals surface area contributed by atoms with E-state index >= 15 is 0 Å². The van der Waals surface area contributed by atoms with Crippen LogP contribution in [0.15, 0.2) is 53.6 Å².